The molecule has 146 valence electrons. The molecule has 0 unspecified atom stereocenters. The van der Waals surface area contributed by atoms with E-state index < -0.39 is 0 Å². The third kappa shape index (κ3) is 3.75. The molecule has 9 heteroatoms. The van der Waals surface area contributed by atoms with Gasteiger partial charge in [-0.2, -0.15) is 10.1 Å². The van der Waals surface area contributed by atoms with Crippen LogP contribution in [0.2, 0.25) is 0 Å². The summed E-state index contributed by atoms with van der Waals surface area (Å²) in [6.07, 6.45) is 7.90. The Kier molecular flexibility index (Phi) is 4.52. The van der Waals surface area contributed by atoms with E-state index in [1.165, 1.54) is 12.8 Å². The third-order valence-electron chi connectivity index (χ3n) is 5.51. The molecule has 1 saturated heterocycles. The molecule has 1 aliphatic heterocycles. The maximum Gasteiger partial charge on any atom is 0.266 e. The Morgan fingerprint density at radius 1 is 1.14 bits per heavy atom. The van der Waals surface area contributed by atoms with Crippen molar-refractivity contribution in [3.05, 3.63) is 52.7 Å². The van der Waals surface area contributed by atoms with Crippen LogP contribution in [0.15, 0.2) is 39.9 Å². The van der Waals surface area contributed by atoms with Gasteiger partial charge in [-0.05, 0) is 56.8 Å². The molecule has 1 aliphatic carbocycles. The Hall–Kier alpha value is -2.81. The summed E-state index contributed by atoms with van der Waals surface area (Å²) >= 11 is 0. The van der Waals surface area contributed by atoms with Gasteiger partial charge in [0.1, 0.15) is 0 Å². The maximum absolute atomic E-state index is 12.2. The number of piperidine rings is 1. The van der Waals surface area contributed by atoms with E-state index in [4.69, 9.17) is 4.52 Å². The van der Waals surface area contributed by atoms with E-state index in [2.05, 4.69) is 25.2 Å². The molecule has 3 aromatic rings. The molecule has 28 heavy (non-hydrogen) atoms. The number of aromatic nitrogens is 6. The highest BCUT2D eigenvalue weighted by molar-refractivity contribution is 5.17. The summed E-state index contributed by atoms with van der Waals surface area (Å²) in [5.41, 5.74) is -0.0715. The van der Waals surface area contributed by atoms with Crippen LogP contribution < -0.4 is 5.56 Å². The number of hydrogen-bond acceptors (Lipinski definition) is 7. The molecule has 0 N–H and O–H groups in total. The zero-order valence-electron chi connectivity index (χ0n) is 15.6. The van der Waals surface area contributed by atoms with Crippen LogP contribution in [-0.2, 0) is 13.1 Å². The minimum absolute atomic E-state index is 0.0715. The minimum Gasteiger partial charge on any atom is -0.339 e. The molecule has 0 amide bonds. The van der Waals surface area contributed by atoms with E-state index in [0.717, 1.165) is 44.2 Å². The Morgan fingerprint density at radius 2 is 2.00 bits per heavy atom. The van der Waals surface area contributed by atoms with Crippen LogP contribution in [0.4, 0.5) is 0 Å². The predicted octanol–water partition coefficient (Wildman–Crippen LogP) is 1.60. The molecule has 0 spiro atoms. The number of rotatable bonds is 6. The van der Waals surface area contributed by atoms with Crippen LogP contribution in [0, 0.1) is 5.92 Å². The van der Waals surface area contributed by atoms with Gasteiger partial charge in [-0.3, -0.25) is 9.69 Å². The van der Waals surface area contributed by atoms with E-state index in [-0.39, 0.29) is 5.56 Å². The summed E-state index contributed by atoms with van der Waals surface area (Å²) in [7, 11) is 0. The Bertz CT molecular complexity index is 982. The molecule has 0 aromatic carbocycles. The minimum atomic E-state index is -0.0715. The highest BCUT2D eigenvalue weighted by atomic mass is 16.5. The predicted molar refractivity (Wildman–Crippen MR) is 99.9 cm³/mol. The van der Waals surface area contributed by atoms with Gasteiger partial charge in [0.15, 0.2) is 11.6 Å². The quantitative estimate of drug-likeness (QED) is 0.640. The lowest BCUT2D eigenvalue weighted by Gasteiger charge is -2.31. The fourth-order valence-electron chi connectivity index (χ4n) is 3.69. The van der Waals surface area contributed by atoms with E-state index >= 15 is 0 Å². The molecule has 5 rings (SSSR count). The summed E-state index contributed by atoms with van der Waals surface area (Å²) < 4.78 is 8.58. The van der Waals surface area contributed by atoms with Crippen molar-refractivity contribution in [3.63, 3.8) is 0 Å². The first-order chi connectivity index (χ1) is 13.7. The zero-order valence-corrected chi connectivity index (χ0v) is 15.6. The van der Waals surface area contributed by atoms with E-state index in [1.807, 2.05) is 12.3 Å². The number of hydrogen-bond donors (Lipinski definition) is 0. The summed E-state index contributed by atoms with van der Waals surface area (Å²) in [6, 6.07) is 5.10. The molecule has 2 fully saturated rings. The van der Waals surface area contributed by atoms with E-state index in [1.54, 1.807) is 27.7 Å². The maximum atomic E-state index is 12.2. The van der Waals surface area contributed by atoms with Crippen LogP contribution in [0.25, 0.3) is 5.82 Å². The molecule has 9 nitrogen and oxygen atoms in total. The topological polar surface area (TPSA) is 94.9 Å². The first-order valence-corrected chi connectivity index (χ1v) is 9.87. The number of nitrogens with zero attached hydrogens (tertiary/aromatic N) is 7. The molecule has 0 bridgehead atoms. The van der Waals surface area contributed by atoms with Crippen molar-refractivity contribution in [1.29, 1.82) is 0 Å². The Balaban J connectivity index is 1.18. The molecular weight excluding hydrogens is 358 g/mol. The molecule has 0 radical (unpaired) electrons. The van der Waals surface area contributed by atoms with Gasteiger partial charge in [-0.1, -0.05) is 5.16 Å². The molecule has 1 saturated carbocycles. The monoisotopic (exact) mass is 381 g/mol. The van der Waals surface area contributed by atoms with Crippen molar-refractivity contribution >= 4 is 0 Å². The van der Waals surface area contributed by atoms with Crippen LogP contribution in [0.1, 0.15) is 43.3 Å². The van der Waals surface area contributed by atoms with Gasteiger partial charge < -0.3 is 4.52 Å². The second-order valence-corrected chi connectivity index (χ2v) is 7.71. The highest BCUT2D eigenvalue weighted by Gasteiger charge is 2.30. The highest BCUT2D eigenvalue weighted by Crippen LogP contribution is 2.38. The SMILES string of the molecule is O=c1ccc(-n2cccn2)nn1CC1CCN(Cc2noc(C3CC3)n2)CC1. The van der Waals surface area contributed by atoms with Gasteiger partial charge >= 0.3 is 0 Å². The molecule has 2 aliphatic rings. The van der Waals surface area contributed by atoms with Gasteiger partial charge in [0, 0.05) is 30.9 Å². The van der Waals surface area contributed by atoms with Gasteiger partial charge in [0.05, 0.1) is 6.54 Å². The van der Waals surface area contributed by atoms with Gasteiger partial charge in [0.2, 0.25) is 5.89 Å². The summed E-state index contributed by atoms with van der Waals surface area (Å²) in [5.74, 6) is 3.17. The van der Waals surface area contributed by atoms with Crippen LogP contribution in [0.5, 0.6) is 0 Å². The normalized spacial score (nSPS) is 18.6. The number of likely N-dealkylation sites (tertiary alicyclic amines) is 1. The molecular formula is C19H23N7O2. The van der Waals surface area contributed by atoms with Gasteiger partial charge in [-0.15, -0.1) is 5.10 Å². The zero-order chi connectivity index (χ0) is 18.9. The van der Waals surface area contributed by atoms with Crippen molar-refractivity contribution in [2.24, 2.45) is 5.92 Å². The van der Waals surface area contributed by atoms with Gasteiger partial charge in [-0.25, -0.2) is 9.36 Å². The lowest BCUT2D eigenvalue weighted by atomic mass is 9.97. The van der Waals surface area contributed by atoms with E-state index in [9.17, 15) is 4.79 Å². The average Bonchev–Trinajstić information content (AvgIpc) is 3.21. The molecule has 3 aromatic heterocycles. The fraction of sp³-hybridized carbons (Fsp3) is 0.526. The smallest absolute Gasteiger partial charge is 0.266 e. The van der Waals surface area contributed by atoms with Crippen molar-refractivity contribution in [2.75, 3.05) is 13.1 Å². The lowest BCUT2D eigenvalue weighted by Crippen LogP contribution is -2.36. The van der Waals surface area contributed by atoms with E-state index in [0.29, 0.717) is 24.2 Å². The van der Waals surface area contributed by atoms with Gasteiger partial charge in [0.25, 0.3) is 5.56 Å². The standard InChI is InChI=1S/C19H23N7O2/c27-18-5-4-17(25-9-1-8-20-25)22-26(18)12-14-6-10-24(11-7-14)13-16-21-19(28-23-16)15-2-3-15/h1,4-5,8-9,14-15H,2-3,6-7,10-13H2. The first-order valence-electron chi connectivity index (χ1n) is 9.87. The second-order valence-electron chi connectivity index (χ2n) is 7.71. The third-order valence-corrected chi connectivity index (χ3v) is 5.51. The first kappa shape index (κ1) is 17.3. The lowest BCUT2D eigenvalue weighted by molar-refractivity contribution is 0.159. The van der Waals surface area contributed by atoms with Crippen molar-refractivity contribution in [2.45, 2.75) is 44.7 Å². The summed E-state index contributed by atoms with van der Waals surface area (Å²) in [4.78, 5) is 19.1. The summed E-state index contributed by atoms with van der Waals surface area (Å²) in [5, 5.41) is 12.8. The van der Waals surface area contributed by atoms with Crippen molar-refractivity contribution < 1.29 is 4.52 Å². The Labute approximate surface area is 162 Å². The summed E-state index contributed by atoms with van der Waals surface area (Å²) in [6.45, 7) is 3.29. The van der Waals surface area contributed by atoms with Crippen LogP contribution in [-0.4, -0.2) is 47.7 Å². The second kappa shape index (κ2) is 7.31. The largest absolute Gasteiger partial charge is 0.339 e. The van der Waals surface area contributed by atoms with Crippen LogP contribution in [0.3, 0.4) is 0 Å². The Morgan fingerprint density at radius 3 is 2.75 bits per heavy atom. The van der Waals surface area contributed by atoms with Crippen molar-refractivity contribution in [3.8, 4) is 5.82 Å². The molecule has 4 heterocycles. The fourth-order valence-corrected chi connectivity index (χ4v) is 3.69. The van der Waals surface area contributed by atoms with Crippen molar-refractivity contribution in [1.82, 2.24) is 34.6 Å². The molecule has 0 atom stereocenters. The van der Waals surface area contributed by atoms with Crippen LogP contribution >= 0.6 is 0 Å². The average molecular weight is 381 g/mol.